The van der Waals surface area contributed by atoms with Crippen molar-refractivity contribution in [2.75, 3.05) is 32.1 Å². The summed E-state index contributed by atoms with van der Waals surface area (Å²) in [5.41, 5.74) is 2.11. The Morgan fingerprint density at radius 3 is 2.79 bits per heavy atom. The molecule has 2 aliphatic rings. The molecule has 0 spiro atoms. The van der Waals surface area contributed by atoms with Crippen LogP contribution in [0.4, 0.5) is 10.6 Å². The van der Waals surface area contributed by atoms with Gasteiger partial charge in [0, 0.05) is 49.6 Å². The highest BCUT2D eigenvalue weighted by Crippen LogP contribution is 2.31. The van der Waals surface area contributed by atoms with Crippen LogP contribution in [0.2, 0.25) is 0 Å². The molecule has 11 heteroatoms. The number of anilines is 1. The maximum Gasteiger partial charge on any atom is 0.320 e. The number of pyridine rings is 2. The van der Waals surface area contributed by atoms with Crippen LogP contribution in [0.25, 0.3) is 0 Å². The number of aliphatic carboxylic acids is 1. The van der Waals surface area contributed by atoms with Crippen LogP contribution in [0.3, 0.4) is 0 Å². The minimum Gasteiger partial charge on any atom is -0.481 e. The molecule has 0 bridgehead atoms. The molecule has 3 atom stereocenters. The summed E-state index contributed by atoms with van der Waals surface area (Å²) >= 11 is 0. The van der Waals surface area contributed by atoms with Gasteiger partial charge in [0.15, 0.2) is 0 Å². The Bertz CT molecular complexity index is 1030. The molecule has 4 heterocycles. The van der Waals surface area contributed by atoms with Gasteiger partial charge < -0.3 is 35.2 Å². The lowest BCUT2D eigenvalue weighted by molar-refractivity contribution is -0.138. The first-order valence-electron chi connectivity index (χ1n) is 11.3. The molecular formula is C23H29N5O6. The number of carboxylic acid groups (broad SMARTS) is 1. The highest BCUT2D eigenvalue weighted by Gasteiger charge is 2.35. The second kappa shape index (κ2) is 10.2. The number of aryl methyl sites for hydroxylation is 1. The SMILES string of the molecule is COc1ccc(C(CC(=O)O)N2CCN(CCCc3ccc4c(n3)NC(O)CC4O)C2=O)cn1. The van der Waals surface area contributed by atoms with Crippen molar-refractivity contribution in [1.82, 2.24) is 19.8 Å². The zero-order valence-electron chi connectivity index (χ0n) is 18.9. The number of urea groups is 1. The fraction of sp³-hybridized carbons (Fsp3) is 0.478. The monoisotopic (exact) mass is 471 g/mol. The van der Waals surface area contributed by atoms with Crippen molar-refractivity contribution in [2.45, 2.75) is 44.1 Å². The Hall–Kier alpha value is -3.44. The normalized spacial score (nSPS) is 20.6. The van der Waals surface area contributed by atoms with Gasteiger partial charge in [-0.1, -0.05) is 12.1 Å². The van der Waals surface area contributed by atoms with E-state index in [2.05, 4.69) is 15.3 Å². The molecule has 34 heavy (non-hydrogen) atoms. The lowest BCUT2D eigenvalue weighted by atomic mass is 10.0. The van der Waals surface area contributed by atoms with Crippen LogP contribution in [-0.4, -0.2) is 80.1 Å². The van der Waals surface area contributed by atoms with Crippen molar-refractivity contribution in [3.8, 4) is 5.88 Å². The third-order valence-corrected chi connectivity index (χ3v) is 6.18. The van der Waals surface area contributed by atoms with Crippen molar-refractivity contribution in [1.29, 1.82) is 0 Å². The van der Waals surface area contributed by atoms with Crippen LogP contribution >= 0.6 is 0 Å². The van der Waals surface area contributed by atoms with E-state index in [4.69, 9.17) is 4.74 Å². The van der Waals surface area contributed by atoms with Gasteiger partial charge in [0.2, 0.25) is 5.88 Å². The molecule has 1 saturated heterocycles. The molecule has 4 rings (SSSR count). The number of aliphatic hydroxyl groups excluding tert-OH is 2. The number of carbonyl (C=O) groups excluding carboxylic acids is 1. The molecule has 0 aromatic carbocycles. The zero-order chi connectivity index (χ0) is 24.2. The summed E-state index contributed by atoms with van der Waals surface area (Å²) in [5, 5.41) is 32.1. The summed E-state index contributed by atoms with van der Waals surface area (Å²) in [7, 11) is 1.50. The lowest BCUT2D eigenvalue weighted by Gasteiger charge is -2.27. The third kappa shape index (κ3) is 5.20. The Kier molecular flexibility index (Phi) is 7.13. The first kappa shape index (κ1) is 23.7. The number of amides is 2. The minimum absolute atomic E-state index is 0.201. The molecule has 2 amide bonds. The maximum atomic E-state index is 13.1. The van der Waals surface area contributed by atoms with Crippen molar-refractivity contribution < 1.29 is 29.6 Å². The highest BCUT2D eigenvalue weighted by molar-refractivity contribution is 5.78. The fourth-order valence-corrected chi connectivity index (χ4v) is 4.42. The molecule has 2 aromatic rings. The van der Waals surface area contributed by atoms with Crippen LogP contribution in [-0.2, 0) is 11.2 Å². The third-order valence-electron chi connectivity index (χ3n) is 6.18. The van der Waals surface area contributed by atoms with E-state index in [0.717, 1.165) is 5.69 Å². The largest absolute Gasteiger partial charge is 0.481 e. The van der Waals surface area contributed by atoms with Crippen molar-refractivity contribution in [3.63, 3.8) is 0 Å². The maximum absolute atomic E-state index is 13.1. The Labute approximate surface area is 197 Å². The van der Waals surface area contributed by atoms with E-state index in [9.17, 15) is 24.9 Å². The number of hydrogen-bond donors (Lipinski definition) is 4. The Morgan fingerprint density at radius 1 is 1.26 bits per heavy atom. The summed E-state index contributed by atoms with van der Waals surface area (Å²) in [6.45, 7) is 1.45. The first-order valence-corrected chi connectivity index (χ1v) is 11.3. The van der Waals surface area contributed by atoms with Gasteiger partial charge >= 0.3 is 12.0 Å². The zero-order valence-corrected chi connectivity index (χ0v) is 18.9. The minimum atomic E-state index is -0.991. The molecule has 182 valence electrons. The number of nitrogens with one attached hydrogen (secondary N) is 1. The standard InChI is InChI=1S/C23H29N5O6/c1-34-20-7-4-14(13-24-20)17(11-21(31)32)28-10-9-27(23(28)33)8-2-3-15-5-6-16-18(29)12-19(30)26-22(16)25-15/h4-7,13,17-19,29-30H,2-3,8-12H2,1H3,(H,25,26)(H,31,32). The van der Waals surface area contributed by atoms with Crippen LogP contribution in [0.1, 0.15) is 48.2 Å². The van der Waals surface area contributed by atoms with Gasteiger partial charge in [-0.2, -0.15) is 0 Å². The predicted octanol–water partition coefficient (Wildman–Crippen LogP) is 1.54. The molecule has 3 unspecified atom stereocenters. The number of aliphatic hydroxyl groups is 2. The molecule has 11 nitrogen and oxygen atoms in total. The highest BCUT2D eigenvalue weighted by atomic mass is 16.5. The average molecular weight is 472 g/mol. The summed E-state index contributed by atoms with van der Waals surface area (Å²) in [4.78, 5) is 36.5. The lowest BCUT2D eigenvalue weighted by Crippen LogP contribution is -2.36. The van der Waals surface area contributed by atoms with E-state index in [1.54, 1.807) is 28.1 Å². The smallest absolute Gasteiger partial charge is 0.320 e. The fourth-order valence-electron chi connectivity index (χ4n) is 4.42. The topological polar surface area (TPSA) is 148 Å². The van der Waals surface area contributed by atoms with E-state index in [1.165, 1.54) is 7.11 Å². The van der Waals surface area contributed by atoms with Gasteiger partial charge in [0.05, 0.1) is 25.7 Å². The number of methoxy groups -OCH3 is 1. The molecule has 0 saturated carbocycles. The van der Waals surface area contributed by atoms with Crippen LogP contribution in [0.15, 0.2) is 30.5 Å². The van der Waals surface area contributed by atoms with Gasteiger partial charge in [-0.05, 0) is 24.5 Å². The van der Waals surface area contributed by atoms with Crippen LogP contribution in [0, 0.1) is 0 Å². The van der Waals surface area contributed by atoms with Crippen molar-refractivity contribution in [3.05, 3.63) is 47.3 Å². The van der Waals surface area contributed by atoms with E-state index < -0.39 is 24.3 Å². The Morgan fingerprint density at radius 2 is 2.09 bits per heavy atom. The van der Waals surface area contributed by atoms with Crippen LogP contribution < -0.4 is 10.1 Å². The molecule has 2 aliphatic heterocycles. The van der Waals surface area contributed by atoms with E-state index in [0.29, 0.717) is 55.3 Å². The van der Waals surface area contributed by atoms with Gasteiger partial charge in [0.1, 0.15) is 12.0 Å². The van der Waals surface area contributed by atoms with E-state index >= 15 is 0 Å². The number of ether oxygens (including phenoxy) is 1. The van der Waals surface area contributed by atoms with Crippen LogP contribution in [0.5, 0.6) is 5.88 Å². The second-order valence-corrected chi connectivity index (χ2v) is 8.47. The second-order valence-electron chi connectivity index (χ2n) is 8.47. The summed E-state index contributed by atoms with van der Waals surface area (Å²) in [5.74, 6) is -0.0895. The molecule has 1 fully saturated rings. The number of aromatic nitrogens is 2. The average Bonchev–Trinajstić information content (AvgIpc) is 3.17. The molecule has 0 radical (unpaired) electrons. The van der Waals surface area contributed by atoms with Gasteiger partial charge in [0.25, 0.3) is 0 Å². The van der Waals surface area contributed by atoms with E-state index in [-0.39, 0.29) is 18.9 Å². The number of nitrogens with zero attached hydrogens (tertiary/aromatic N) is 4. The number of rotatable bonds is 9. The summed E-state index contributed by atoms with van der Waals surface area (Å²) < 4.78 is 5.07. The first-order chi connectivity index (χ1) is 16.4. The van der Waals surface area contributed by atoms with Gasteiger partial charge in [-0.25, -0.2) is 14.8 Å². The molecular weight excluding hydrogens is 442 g/mol. The predicted molar refractivity (Wildman–Crippen MR) is 121 cm³/mol. The quantitative estimate of drug-likeness (QED) is 0.427. The number of fused-ring (bicyclic) bond motifs is 1. The number of hydrogen-bond acceptors (Lipinski definition) is 8. The van der Waals surface area contributed by atoms with Gasteiger partial charge in [-0.15, -0.1) is 0 Å². The van der Waals surface area contributed by atoms with Crippen molar-refractivity contribution in [2.24, 2.45) is 0 Å². The summed E-state index contributed by atoms with van der Waals surface area (Å²) in [6, 6.07) is 6.23. The number of carbonyl (C=O) groups is 2. The molecule has 2 aromatic heterocycles. The Balaban J connectivity index is 1.37. The summed E-state index contributed by atoms with van der Waals surface area (Å²) in [6.07, 6.45) is 1.26. The van der Waals surface area contributed by atoms with E-state index in [1.807, 2.05) is 12.1 Å². The van der Waals surface area contributed by atoms with Gasteiger partial charge in [-0.3, -0.25) is 4.79 Å². The number of carboxylic acids is 1. The van der Waals surface area contributed by atoms with Crippen molar-refractivity contribution >= 4 is 17.8 Å². The molecule has 0 aliphatic carbocycles. The molecule has 4 N–H and O–H groups in total.